The number of rotatable bonds is 3. The first-order valence-electron chi connectivity index (χ1n) is 7.37. The molecule has 2 atom stereocenters. The topological polar surface area (TPSA) is 27.7 Å². The fraction of sp³-hybridized carbons (Fsp3) is 0.750. The smallest absolute Gasteiger partial charge is 0.250 e. The van der Waals surface area contributed by atoms with Crippen molar-refractivity contribution in [1.29, 1.82) is 0 Å². The van der Waals surface area contributed by atoms with Crippen LogP contribution >= 0.6 is 0 Å². The van der Waals surface area contributed by atoms with Crippen molar-refractivity contribution in [3.63, 3.8) is 0 Å². The van der Waals surface area contributed by atoms with Gasteiger partial charge >= 0.3 is 0 Å². The summed E-state index contributed by atoms with van der Waals surface area (Å²) in [6, 6.07) is 0. The highest BCUT2D eigenvalue weighted by atomic mass is 28.4. The fourth-order valence-corrected chi connectivity index (χ4v) is 3.46. The summed E-state index contributed by atoms with van der Waals surface area (Å²) < 4.78 is 18.2. The van der Waals surface area contributed by atoms with Gasteiger partial charge in [-0.3, -0.25) is 0 Å². The molecule has 0 bridgehead atoms. The summed E-state index contributed by atoms with van der Waals surface area (Å²) in [7, 11) is -1.85. The van der Waals surface area contributed by atoms with Gasteiger partial charge in [-0.25, -0.2) is 0 Å². The fourth-order valence-electron chi connectivity index (χ4n) is 2.42. The van der Waals surface area contributed by atoms with Crippen molar-refractivity contribution >= 4 is 8.32 Å². The molecule has 20 heavy (non-hydrogen) atoms. The van der Waals surface area contributed by atoms with Gasteiger partial charge in [0.2, 0.25) is 8.32 Å². The van der Waals surface area contributed by atoms with Crippen molar-refractivity contribution in [3.8, 4) is 0 Å². The van der Waals surface area contributed by atoms with Gasteiger partial charge in [-0.15, -0.1) is 0 Å². The van der Waals surface area contributed by atoms with E-state index < -0.39 is 14.1 Å². The molecule has 0 radical (unpaired) electrons. The highest BCUT2D eigenvalue weighted by Crippen LogP contribution is 2.43. The molecule has 1 heterocycles. The first-order valence-corrected chi connectivity index (χ1v) is 10.3. The van der Waals surface area contributed by atoms with Gasteiger partial charge in [0.05, 0.1) is 6.10 Å². The Kier molecular flexibility index (Phi) is 3.73. The molecule has 2 unspecified atom stereocenters. The number of hydrogen-bond acceptors (Lipinski definition) is 3. The largest absolute Gasteiger partial charge is 0.544 e. The van der Waals surface area contributed by atoms with Gasteiger partial charge in [0.25, 0.3) is 0 Å². The molecule has 0 amide bonds. The van der Waals surface area contributed by atoms with Gasteiger partial charge in [0.1, 0.15) is 11.9 Å². The third-order valence-electron chi connectivity index (χ3n) is 4.57. The lowest BCUT2D eigenvalue weighted by molar-refractivity contribution is -0.144. The second-order valence-corrected chi connectivity index (χ2v) is 12.5. The first-order chi connectivity index (χ1) is 8.93. The zero-order chi connectivity index (χ0) is 15.3. The summed E-state index contributed by atoms with van der Waals surface area (Å²) in [6.45, 7) is 19.2. The summed E-state index contributed by atoms with van der Waals surface area (Å²) >= 11 is 0. The molecule has 1 fully saturated rings. The maximum Gasteiger partial charge on any atom is 0.250 e. The van der Waals surface area contributed by atoms with E-state index in [1.807, 2.05) is 13.8 Å². The summed E-state index contributed by atoms with van der Waals surface area (Å²) in [5, 5.41) is 0.167. The van der Waals surface area contributed by atoms with E-state index in [1.165, 1.54) is 0 Å². The molecule has 1 aliphatic heterocycles. The second-order valence-electron chi connectivity index (χ2n) is 7.78. The Labute approximate surface area is 124 Å². The predicted molar refractivity (Wildman–Crippen MR) is 83.9 cm³/mol. The minimum absolute atomic E-state index is 0.0257. The quantitative estimate of drug-likeness (QED) is 0.571. The van der Waals surface area contributed by atoms with Crippen molar-refractivity contribution in [2.45, 2.75) is 77.2 Å². The lowest BCUT2D eigenvalue weighted by Crippen LogP contribution is -2.41. The Morgan fingerprint density at radius 1 is 1.35 bits per heavy atom. The molecule has 2 rings (SSSR count). The predicted octanol–water partition coefficient (Wildman–Crippen LogP) is 4.37. The first kappa shape index (κ1) is 15.8. The molecule has 0 aromatic heterocycles. The highest BCUT2D eigenvalue weighted by molar-refractivity contribution is 6.74. The molecule has 114 valence electrons. The molecule has 0 aromatic carbocycles. The van der Waals surface area contributed by atoms with E-state index in [4.69, 9.17) is 13.9 Å². The van der Waals surface area contributed by atoms with E-state index in [0.717, 1.165) is 17.8 Å². The standard InChI is InChI=1S/C16H28O3Si/c1-11(19-20(7,8)15(2,3)4)12-9-10-13-14(12)18-16(5,6)17-13/h9,13-14H,1,10H2,2-8H3. The molecule has 2 aliphatic rings. The number of fused-ring (bicyclic) bond motifs is 1. The van der Waals surface area contributed by atoms with E-state index in [0.29, 0.717) is 0 Å². The van der Waals surface area contributed by atoms with Gasteiger partial charge < -0.3 is 13.9 Å². The Balaban J connectivity index is 2.08. The van der Waals surface area contributed by atoms with Crippen LogP contribution < -0.4 is 0 Å². The average molecular weight is 296 g/mol. The van der Waals surface area contributed by atoms with Crippen molar-refractivity contribution in [3.05, 3.63) is 24.0 Å². The van der Waals surface area contributed by atoms with E-state index in [9.17, 15) is 0 Å². The molecular weight excluding hydrogens is 268 g/mol. The van der Waals surface area contributed by atoms with Crippen LogP contribution in [0.4, 0.5) is 0 Å². The lowest BCUT2D eigenvalue weighted by atomic mass is 10.1. The van der Waals surface area contributed by atoms with Gasteiger partial charge in [0.15, 0.2) is 5.79 Å². The molecule has 0 spiro atoms. The van der Waals surface area contributed by atoms with E-state index in [-0.39, 0.29) is 17.2 Å². The van der Waals surface area contributed by atoms with Crippen molar-refractivity contribution in [2.75, 3.05) is 0 Å². The van der Waals surface area contributed by atoms with Crippen LogP contribution in [0, 0.1) is 0 Å². The normalized spacial score (nSPS) is 29.1. The summed E-state index contributed by atoms with van der Waals surface area (Å²) in [5.74, 6) is 0.261. The summed E-state index contributed by atoms with van der Waals surface area (Å²) in [5.41, 5.74) is 1.07. The summed E-state index contributed by atoms with van der Waals surface area (Å²) in [4.78, 5) is 0. The molecule has 0 saturated carbocycles. The van der Waals surface area contributed by atoms with Crippen molar-refractivity contribution < 1.29 is 13.9 Å². The maximum atomic E-state index is 6.30. The van der Waals surface area contributed by atoms with Gasteiger partial charge in [-0.05, 0) is 38.4 Å². The maximum absolute atomic E-state index is 6.30. The van der Waals surface area contributed by atoms with E-state index >= 15 is 0 Å². The molecule has 1 aliphatic carbocycles. The van der Waals surface area contributed by atoms with Crippen LogP contribution in [-0.4, -0.2) is 26.3 Å². The zero-order valence-corrected chi connectivity index (χ0v) is 14.9. The third kappa shape index (κ3) is 2.87. The van der Waals surface area contributed by atoms with Crippen LogP contribution in [-0.2, 0) is 13.9 Å². The molecule has 3 nitrogen and oxygen atoms in total. The molecule has 0 N–H and O–H groups in total. The van der Waals surface area contributed by atoms with E-state index in [2.05, 4.69) is 46.5 Å². The van der Waals surface area contributed by atoms with Crippen LogP contribution in [0.1, 0.15) is 41.0 Å². The third-order valence-corrected chi connectivity index (χ3v) is 8.94. The van der Waals surface area contributed by atoms with Crippen molar-refractivity contribution in [1.82, 2.24) is 0 Å². The summed E-state index contributed by atoms with van der Waals surface area (Å²) in [6.07, 6.45) is 3.12. The molecule has 4 heteroatoms. The molecule has 1 saturated heterocycles. The van der Waals surface area contributed by atoms with Crippen molar-refractivity contribution in [2.24, 2.45) is 0 Å². The minimum Gasteiger partial charge on any atom is -0.544 e. The van der Waals surface area contributed by atoms with Gasteiger partial charge in [-0.2, -0.15) is 0 Å². The lowest BCUT2D eigenvalue weighted by Gasteiger charge is -2.37. The highest BCUT2D eigenvalue weighted by Gasteiger charge is 2.47. The van der Waals surface area contributed by atoms with Crippen LogP contribution in [0.15, 0.2) is 24.0 Å². The van der Waals surface area contributed by atoms with Gasteiger partial charge in [-0.1, -0.05) is 33.4 Å². The Morgan fingerprint density at radius 2 is 1.95 bits per heavy atom. The SMILES string of the molecule is C=C(O[Si](C)(C)C(C)(C)C)C1=CCC2OC(C)(C)OC12. The van der Waals surface area contributed by atoms with Crippen LogP contribution in [0.5, 0.6) is 0 Å². The Morgan fingerprint density at radius 3 is 2.50 bits per heavy atom. The second kappa shape index (κ2) is 4.72. The molecule has 0 aromatic rings. The van der Waals surface area contributed by atoms with Crippen LogP contribution in [0.3, 0.4) is 0 Å². The van der Waals surface area contributed by atoms with E-state index in [1.54, 1.807) is 0 Å². The Hall–Kier alpha value is -0.583. The number of hydrogen-bond donors (Lipinski definition) is 0. The monoisotopic (exact) mass is 296 g/mol. The molecular formula is C16H28O3Si. The van der Waals surface area contributed by atoms with Crippen LogP contribution in [0.25, 0.3) is 0 Å². The van der Waals surface area contributed by atoms with Crippen LogP contribution in [0.2, 0.25) is 18.1 Å². The van der Waals surface area contributed by atoms with Gasteiger partial charge in [0, 0.05) is 5.57 Å². The minimum atomic E-state index is -1.85. The average Bonchev–Trinajstić information content (AvgIpc) is 2.69. The Bertz CT molecular complexity index is 443. The zero-order valence-electron chi connectivity index (χ0n) is 13.9. The number of ether oxygens (including phenoxy) is 2.